The van der Waals surface area contributed by atoms with E-state index >= 15 is 0 Å². The first kappa shape index (κ1) is 18.1. The van der Waals surface area contributed by atoms with Gasteiger partial charge in [0, 0.05) is 30.1 Å². The summed E-state index contributed by atoms with van der Waals surface area (Å²) in [5.74, 6) is 1.09. The molecule has 2 rings (SSSR count). The molecule has 0 saturated carbocycles. The predicted molar refractivity (Wildman–Crippen MR) is 88.1 cm³/mol. The zero-order chi connectivity index (χ0) is 15.2. The second-order valence-electron chi connectivity index (χ2n) is 4.89. The van der Waals surface area contributed by atoms with E-state index in [1.165, 1.54) is 0 Å². The number of carbonyl (C=O) groups excluding carboxylic acids is 1. The number of nitrogens with one attached hydrogen (secondary N) is 2. The van der Waals surface area contributed by atoms with Crippen LogP contribution in [0.15, 0.2) is 28.8 Å². The van der Waals surface area contributed by atoms with E-state index in [1.807, 2.05) is 38.2 Å². The molecule has 1 atom stereocenters. The number of hydrogen-bond donors (Lipinski definition) is 2. The molecule has 0 saturated heterocycles. The molecule has 1 unspecified atom stereocenters. The standard InChI is InChI=1S/C15H20N4O2.ClH/c1-4-14(20)17-12-7-5-6-11(9-12)15-18-13(19-21-15)8-10(2)16-3;/h5-7,9-10,16H,4,8H2,1-3H3,(H,17,20);1H. The Morgan fingerprint density at radius 3 is 2.86 bits per heavy atom. The highest BCUT2D eigenvalue weighted by molar-refractivity contribution is 5.91. The van der Waals surface area contributed by atoms with Crippen molar-refractivity contribution in [2.45, 2.75) is 32.7 Å². The van der Waals surface area contributed by atoms with Crippen LogP contribution in [0.2, 0.25) is 0 Å². The minimum Gasteiger partial charge on any atom is -0.334 e. The van der Waals surface area contributed by atoms with E-state index in [0.29, 0.717) is 24.6 Å². The van der Waals surface area contributed by atoms with E-state index in [1.54, 1.807) is 0 Å². The van der Waals surface area contributed by atoms with Gasteiger partial charge in [-0.1, -0.05) is 18.1 Å². The number of likely N-dealkylation sites (N-methyl/N-ethyl adjacent to an activating group) is 1. The Morgan fingerprint density at radius 1 is 1.41 bits per heavy atom. The molecule has 1 heterocycles. The maximum absolute atomic E-state index is 11.4. The average molecular weight is 325 g/mol. The monoisotopic (exact) mass is 324 g/mol. The average Bonchev–Trinajstić information content (AvgIpc) is 2.95. The van der Waals surface area contributed by atoms with Crippen LogP contribution >= 0.6 is 12.4 Å². The van der Waals surface area contributed by atoms with Gasteiger partial charge in [0.2, 0.25) is 5.91 Å². The minimum absolute atomic E-state index is 0. The minimum atomic E-state index is -0.0267. The van der Waals surface area contributed by atoms with Crippen molar-refractivity contribution >= 4 is 24.0 Å². The Balaban J connectivity index is 0.00000242. The molecule has 0 bridgehead atoms. The lowest BCUT2D eigenvalue weighted by molar-refractivity contribution is -0.115. The largest absolute Gasteiger partial charge is 0.334 e. The van der Waals surface area contributed by atoms with E-state index in [-0.39, 0.29) is 24.4 Å². The highest BCUT2D eigenvalue weighted by Crippen LogP contribution is 2.21. The fraction of sp³-hybridized carbons (Fsp3) is 0.400. The first-order chi connectivity index (χ1) is 10.1. The zero-order valence-electron chi connectivity index (χ0n) is 12.9. The quantitative estimate of drug-likeness (QED) is 0.854. The highest BCUT2D eigenvalue weighted by Gasteiger charge is 2.11. The van der Waals surface area contributed by atoms with E-state index < -0.39 is 0 Å². The van der Waals surface area contributed by atoms with Crippen LogP contribution in [0.5, 0.6) is 0 Å². The molecule has 0 aliphatic heterocycles. The van der Waals surface area contributed by atoms with Crippen LogP contribution in [0.4, 0.5) is 5.69 Å². The summed E-state index contributed by atoms with van der Waals surface area (Å²) < 4.78 is 5.28. The summed E-state index contributed by atoms with van der Waals surface area (Å²) in [4.78, 5) is 15.8. The van der Waals surface area contributed by atoms with Gasteiger partial charge in [-0.05, 0) is 32.2 Å². The second kappa shape index (κ2) is 8.51. The molecule has 120 valence electrons. The maximum Gasteiger partial charge on any atom is 0.257 e. The van der Waals surface area contributed by atoms with Gasteiger partial charge in [0.15, 0.2) is 5.82 Å². The predicted octanol–water partition coefficient (Wildman–Crippen LogP) is 2.66. The van der Waals surface area contributed by atoms with Gasteiger partial charge in [0.05, 0.1) is 0 Å². The summed E-state index contributed by atoms with van der Waals surface area (Å²) in [7, 11) is 1.89. The Morgan fingerprint density at radius 2 is 2.18 bits per heavy atom. The number of rotatable bonds is 6. The van der Waals surface area contributed by atoms with Gasteiger partial charge in [-0.3, -0.25) is 4.79 Å². The van der Waals surface area contributed by atoms with E-state index in [9.17, 15) is 4.79 Å². The van der Waals surface area contributed by atoms with Gasteiger partial charge in [0.1, 0.15) is 0 Å². The number of anilines is 1. The van der Waals surface area contributed by atoms with Crippen LogP contribution in [0.1, 0.15) is 26.1 Å². The number of benzene rings is 1. The van der Waals surface area contributed by atoms with Gasteiger partial charge in [-0.25, -0.2) is 0 Å². The van der Waals surface area contributed by atoms with Crippen molar-refractivity contribution in [3.8, 4) is 11.5 Å². The summed E-state index contributed by atoms with van der Waals surface area (Å²) in [5, 5.41) is 9.92. The third-order valence-corrected chi connectivity index (χ3v) is 3.16. The van der Waals surface area contributed by atoms with Crippen molar-refractivity contribution in [3.63, 3.8) is 0 Å². The molecule has 0 aliphatic rings. The van der Waals surface area contributed by atoms with Gasteiger partial charge >= 0.3 is 0 Å². The molecule has 22 heavy (non-hydrogen) atoms. The van der Waals surface area contributed by atoms with Gasteiger partial charge < -0.3 is 15.2 Å². The highest BCUT2D eigenvalue weighted by atomic mass is 35.5. The Labute approximate surface area is 136 Å². The molecule has 0 radical (unpaired) electrons. The molecule has 1 aromatic carbocycles. The normalized spacial score (nSPS) is 11.6. The van der Waals surface area contributed by atoms with Crippen LogP contribution in [-0.4, -0.2) is 29.1 Å². The summed E-state index contributed by atoms with van der Waals surface area (Å²) in [6, 6.07) is 7.66. The summed E-state index contributed by atoms with van der Waals surface area (Å²) in [6.07, 6.45) is 1.14. The number of halogens is 1. The van der Waals surface area contributed by atoms with Crippen molar-refractivity contribution < 1.29 is 9.32 Å². The van der Waals surface area contributed by atoms with Crippen LogP contribution in [-0.2, 0) is 11.2 Å². The Hall–Kier alpha value is -1.92. The van der Waals surface area contributed by atoms with Crippen molar-refractivity contribution in [2.24, 2.45) is 0 Å². The number of nitrogens with zero attached hydrogens (tertiary/aromatic N) is 2. The molecule has 1 amide bonds. The third kappa shape index (κ3) is 4.82. The topological polar surface area (TPSA) is 80.0 Å². The molecule has 0 aliphatic carbocycles. The SMILES string of the molecule is CCC(=O)Nc1cccc(-c2nc(CC(C)NC)no2)c1.Cl. The van der Waals surface area contributed by atoms with Gasteiger partial charge in [0.25, 0.3) is 5.89 Å². The van der Waals surface area contributed by atoms with Crippen molar-refractivity contribution in [1.29, 1.82) is 0 Å². The molecule has 1 aromatic heterocycles. The van der Waals surface area contributed by atoms with E-state index in [4.69, 9.17) is 4.52 Å². The molecule has 0 fully saturated rings. The first-order valence-electron chi connectivity index (χ1n) is 7.02. The van der Waals surface area contributed by atoms with Crippen molar-refractivity contribution in [2.75, 3.05) is 12.4 Å². The zero-order valence-corrected chi connectivity index (χ0v) is 13.7. The van der Waals surface area contributed by atoms with Gasteiger partial charge in [-0.15, -0.1) is 12.4 Å². The van der Waals surface area contributed by atoms with E-state index in [2.05, 4.69) is 27.7 Å². The van der Waals surface area contributed by atoms with E-state index in [0.717, 1.165) is 11.3 Å². The second-order valence-corrected chi connectivity index (χ2v) is 4.89. The number of hydrogen-bond acceptors (Lipinski definition) is 5. The van der Waals surface area contributed by atoms with Crippen LogP contribution in [0.25, 0.3) is 11.5 Å². The van der Waals surface area contributed by atoms with Crippen LogP contribution in [0.3, 0.4) is 0 Å². The lowest BCUT2D eigenvalue weighted by Gasteiger charge is -2.05. The molecular formula is C15H21ClN4O2. The smallest absolute Gasteiger partial charge is 0.257 e. The fourth-order valence-electron chi connectivity index (χ4n) is 1.81. The summed E-state index contributed by atoms with van der Waals surface area (Å²) in [5.41, 5.74) is 1.52. The van der Waals surface area contributed by atoms with Crippen molar-refractivity contribution in [3.05, 3.63) is 30.1 Å². The Kier molecular flexibility index (Phi) is 7.01. The molecule has 6 nitrogen and oxygen atoms in total. The molecule has 7 heteroatoms. The summed E-state index contributed by atoms with van der Waals surface area (Å²) >= 11 is 0. The third-order valence-electron chi connectivity index (χ3n) is 3.16. The van der Waals surface area contributed by atoms with Crippen LogP contribution in [0, 0.1) is 0 Å². The maximum atomic E-state index is 11.4. The molecular weight excluding hydrogens is 304 g/mol. The summed E-state index contributed by atoms with van der Waals surface area (Å²) in [6.45, 7) is 3.86. The Bertz CT molecular complexity index is 615. The first-order valence-corrected chi connectivity index (χ1v) is 7.02. The lowest BCUT2D eigenvalue weighted by atomic mass is 10.2. The molecule has 2 N–H and O–H groups in total. The number of carbonyl (C=O) groups is 1. The van der Waals surface area contributed by atoms with Gasteiger partial charge in [-0.2, -0.15) is 4.98 Å². The van der Waals surface area contributed by atoms with Crippen LogP contribution < -0.4 is 10.6 Å². The molecule has 0 spiro atoms. The lowest BCUT2D eigenvalue weighted by Crippen LogP contribution is -2.24. The fourth-order valence-corrected chi connectivity index (χ4v) is 1.81. The molecule has 2 aromatic rings. The van der Waals surface area contributed by atoms with Crippen molar-refractivity contribution in [1.82, 2.24) is 15.5 Å². The number of amides is 1. The number of aromatic nitrogens is 2.